The molecule has 2 rings (SSSR count). The van der Waals surface area contributed by atoms with Crippen LogP contribution in [0.15, 0.2) is 30.6 Å². The zero-order valence-electron chi connectivity index (χ0n) is 8.87. The van der Waals surface area contributed by atoms with Crippen molar-refractivity contribution >= 4 is 11.4 Å². The van der Waals surface area contributed by atoms with E-state index < -0.39 is 5.82 Å². The molecule has 0 fully saturated rings. The van der Waals surface area contributed by atoms with Crippen LogP contribution in [0.3, 0.4) is 0 Å². The quantitative estimate of drug-likeness (QED) is 0.695. The summed E-state index contributed by atoms with van der Waals surface area (Å²) in [5.74, 6) is -0.413. The van der Waals surface area contributed by atoms with Gasteiger partial charge in [0, 0.05) is 11.8 Å². The van der Waals surface area contributed by atoms with Gasteiger partial charge in [-0.15, -0.1) is 0 Å². The van der Waals surface area contributed by atoms with Gasteiger partial charge in [0.15, 0.2) is 0 Å². The predicted octanol–water partition coefficient (Wildman–Crippen LogP) is 2.30. The summed E-state index contributed by atoms with van der Waals surface area (Å²) in [7, 11) is 0. The van der Waals surface area contributed by atoms with Gasteiger partial charge in [0.05, 0.1) is 23.6 Å². The number of H-pyrrole nitrogens is 1. The fourth-order valence-corrected chi connectivity index (χ4v) is 1.48. The molecule has 1 aromatic heterocycles. The summed E-state index contributed by atoms with van der Waals surface area (Å²) in [6, 6.07) is 4.72. The molecule has 1 heterocycles. The number of rotatable bonds is 3. The van der Waals surface area contributed by atoms with E-state index in [9.17, 15) is 4.39 Å². The van der Waals surface area contributed by atoms with Crippen LogP contribution in [0.2, 0.25) is 0 Å². The van der Waals surface area contributed by atoms with E-state index in [1.54, 1.807) is 24.5 Å². The number of anilines is 2. The van der Waals surface area contributed by atoms with Gasteiger partial charge in [0.1, 0.15) is 5.82 Å². The third-order valence-electron chi connectivity index (χ3n) is 2.44. The van der Waals surface area contributed by atoms with Gasteiger partial charge in [0.25, 0.3) is 0 Å². The average molecular weight is 220 g/mol. The fraction of sp³-hybridized carbons (Fsp3) is 0.182. The lowest BCUT2D eigenvalue weighted by Gasteiger charge is -2.15. The van der Waals surface area contributed by atoms with Crippen LogP contribution < -0.4 is 11.1 Å². The van der Waals surface area contributed by atoms with Gasteiger partial charge >= 0.3 is 0 Å². The van der Waals surface area contributed by atoms with Crippen LogP contribution in [0.4, 0.5) is 15.8 Å². The lowest BCUT2D eigenvalue weighted by molar-refractivity contribution is 0.632. The number of aromatic nitrogens is 2. The first-order valence-corrected chi connectivity index (χ1v) is 4.97. The van der Waals surface area contributed by atoms with Crippen LogP contribution in [0.1, 0.15) is 18.5 Å². The number of nitrogen functional groups attached to an aromatic ring is 1. The van der Waals surface area contributed by atoms with Crippen LogP contribution in [0.5, 0.6) is 0 Å². The topological polar surface area (TPSA) is 66.7 Å². The first-order chi connectivity index (χ1) is 7.68. The van der Waals surface area contributed by atoms with E-state index in [1.165, 1.54) is 6.07 Å². The number of hydrogen-bond acceptors (Lipinski definition) is 3. The molecule has 0 saturated carbocycles. The van der Waals surface area contributed by atoms with Gasteiger partial charge in [-0.1, -0.05) is 6.07 Å². The highest BCUT2D eigenvalue weighted by atomic mass is 19.1. The Bertz CT molecular complexity index is 467. The van der Waals surface area contributed by atoms with Crippen molar-refractivity contribution < 1.29 is 4.39 Å². The number of aromatic amines is 1. The average Bonchev–Trinajstić information content (AvgIpc) is 2.78. The minimum absolute atomic E-state index is 0.0165. The molecular weight excluding hydrogens is 207 g/mol. The van der Waals surface area contributed by atoms with E-state index in [0.29, 0.717) is 5.69 Å². The van der Waals surface area contributed by atoms with Crippen molar-refractivity contribution in [1.29, 1.82) is 0 Å². The number of halogens is 1. The van der Waals surface area contributed by atoms with Gasteiger partial charge in [-0.25, -0.2) is 4.39 Å². The summed E-state index contributed by atoms with van der Waals surface area (Å²) in [5, 5.41) is 9.71. The normalized spacial score (nSPS) is 12.4. The van der Waals surface area contributed by atoms with Crippen molar-refractivity contribution in [1.82, 2.24) is 10.2 Å². The van der Waals surface area contributed by atoms with Crippen molar-refractivity contribution in [3.8, 4) is 0 Å². The van der Waals surface area contributed by atoms with Crippen LogP contribution in [-0.4, -0.2) is 10.2 Å². The molecule has 4 N–H and O–H groups in total. The first-order valence-electron chi connectivity index (χ1n) is 4.97. The highest BCUT2D eigenvalue weighted by Crippen LogP contribution is 2.25. The predicted molar refractivity (Wildman–Crippen MR) is 61.4 cm³/mol. The lowest BCUT2D eigenvalue weighted by Crippen LogP contribution is -2.08. The minimum atomic E-state index is -0.413. The summed E-state index contributed by atoms with van der Waals surface area (Å²) in [5.41, 5.74) is 7.34. The molecule has 0 saturated heterocycles. The molecule has 0 aliphatic heterocycles. The molecule has 2 aromatic rings. The van der Waals surface area contributed by atoms with E-state index in [0.717, 1.165) is 5.56 Å². The van der Waals surface area contributed by atoms with Crippen molar-refractivity contribution in [3.63, 3.8) is 0 Å². The monoisotopic (exact) mass is 220 g/mol. The summed E-state index contributed by atoms with van der Waals surface area (Å²) in [6.45, 7) is 1.95. The molecule has 0 aliphatic carbocycles. The number of nitrogens with zero attached hydrogens (tertiary/aromatic N) is 1. The number of hydrogen-bond donors (Lipinski definition) is 3. The zero-order chi connectivity index (χ0) is 11.5. The number of nitrogens with two attached hydrogens (primary N) is 1. The number of para-hydroxylation sites is 1. The van der Waals surface area contributed by atoms with E-state index in [1.807, 2.05) is 6.92 Å². The zero-order valence-corrected chi connectivity index (χ0v) is 8.87. The van der Waals surface area contributed by atoms with Crippen LogP contribution in [-0.2, 0) is 0 Å². The summed E-state index contributed by atoms with van der Waals surface area (Å²) in [6.07, 6.45) is 3.50. The molecule has 5 heteroatoms. The minimum Gasteiger partial charge on any atom is -0.395 e. The van der Waals surface area contributed by atoms with Crippen LogP contribution in [0.25, 0.3) is 0 Å². The first kappa shape index (κ1) is 10.5. The molecule has 0 radical (unpaired) electrons. The Kier molecular flexibility index (Phi) is 2.76. The van der Waals surface area contributed by atoms with Crippen molar-refractivity contribution in [3.05, 3.63) is 42.0 Å². The van der Waals surface area contributed by atoms with Gasteiger partial charge in [-0.2, -0.15) is 5.10 Å². The molecular formula is C11H13FN4. The van der Waals surface area contributed by atoms with E-state index in [4.69, 9.17) is 5.73 Å². The van der Waals surface area contributed by atoms with E-state index in [-0.39, 0.29) is 11.7 Å². The molecule has 0 amide bonds. The SMILES string of the molecule is CC(Nc1cccc(F)c1N)c1cn[nH]c1. The second-order valence-corrected chi connectivity index (χ2v) is 3.60. The van der Waals surface area contributed by atoms with E-state index >= 15 is 0 Å². The van der Waals surface area contributed by atoms with E-state index in [2.05, 4.69) is 15.5 Å². The van der Waals surface area contributed by atoms with Crippen LogP contribution >= 0.6 is 0 Å². The Labute approximate surface area is 92.7 Å². The Morgan fingerprint density at radius 3 is 3.00 bits per heavy atom. The maximum atomic E-state index is 13.2. The molecule has 16 heavy (non-hydrogen) atoms. The Balaban J connectivity index is 2.18. The molecule has 0 aliphatic rings. The second kappa shape index (κ2) is 4.22. The third kappa shape index (κ3) is 1.98. The molecule has 84 valence electrons. The Morgan fingerprint density at radius 1 is 1.50 bits per heavy atom. The molecule has 1 aromatic carbocycles. The Hall–Kier alpha value is -2.04. The second-order valence-electron chi connectivity index (χ2n) is 3.60. The van der Waals surface area contributed by atoms with Crippen LogP contribution in [0, 0.1) is 5.82 Å². The number of nitrogens with one attached hydrogen (secondary N) is 2. The molecule has 1 unspecified atom stereocenters. The summed E-state index contributed by atoms with van der Waals surface area (Å²) < 4.78 is 13.2. The third-order valence-corrected chi connectivity index (χ3v) is 2.44. The maximum absolute atomic E-state index is 13.2. The van der Waals surface area contributed by atoms with Gasteiger partial charge in [-0.05, 0) is 19.1 Å². The van der Waals surface area contributed by atoms with Crippen molar-refractivity contribution in [2.75, 3.05) is 11.1 Å². The Morgan fingerprint density at radius 2 is 2.31 bits per heavy atom. The van der Waals surface area contributed by atoms with Crippen molar-refractivity contribution in [2.24, 2.45) is 0 Å². The lowest BCUT2D eigenvalue weighted by atomic mass is 10.1. The summed E-state index contributed by atoms with van der Waals surface area (Å²) in [4.78, 5) is 0. The molecule has 4 nitrogen and oxygen atoms in total. The largest absolute Gasteiger partial charge is 0.395 e. The fourth-order valence-electron chi connectivity index (χ4n) is 1.48. The maximum Gasteiger partial charge on any atom is 0.148 e. The van der Waals surface area contributed by atoms with Gasteiger partial charge < -0.3 is 11.1 Å². The smallest absolute Gasteiger partial charge is 0.148 e. The molecule has 1 atom stereocenters. The highest BCUT2D eigenvalue weighted by molar-refractivity contribution is 5.67. The van der Waals surface area contributed by atoms with Gasteiger partial charge in [-0.3, -0.25) is 5.10 Å². The molecule has 0 spiro atoms. The van der Waals surface area contributed by atoms with Crippen molar-refractivity contribution in [2.45, 2.75) is 13.0 Å². The summed E-state index contributed by atoms with van der Waals surface area (Å²) >= 11 is 0. The van der Waals surface area contributed by atoms with Gasteiger partial charge in [0.2, 0.25) is 0 Å². The number of benzene rings is 1. The highest BCUT2D eigenvalue weighted by Gasteiger charge is 2.09. The molecule has 0 bridgehead atoms. The standard InChI is InChI=1S/C11H13FN4/c1-7(8-5-14-15-6-8)16-10-4-2-3-9(12)11(10)13/h2-7,16H,13H2,1H3,(H,14,15).